The van der Waals surface area contributed by atoms with E-state index in [1.807, 2.05) is 30.3 Å². The monoisotopic (exact) mass is 380 g/mol. The highest BCUT2D eigenvalue weighted by molar-refractivity contribution is 7.89. The second-order valence-corrected chi connectivity index (χ2v) is 7.79. The molecule has 4 nitrogen and oxygen atoms in total. The first-order valence-corrected chi connectivity index (χ1v) is 9.48. The maximum Gasteiger partial charge on any atom is 0.242 e. The smallest absolute Gasteiger partial charge is 0.242 e. The number of nitrogens with one attached hydrogen (secondary N) is 1. The minimum atomic E-state index is -3.72. The Morgan fingerprint density at radius 3 is 2.67 bits per heavy atom. The highest BCUT2D eigenvalue weighted by atomic mass is 35.5. The van der Waals surface area contributed by atoms with Gasteiger partial charge in [0.1, 0.15) is 4.90 Å². The average molecular weight is 381 g/mol. The van der Waals surface area contributed by atoms with E-state index in [-0.39, 0.29) is 16.5 Å². The van der Waals surface area contributed by atoms with Gasteiger partial charge in [0, 0.05) is 23.2 Å². The van der Waals surface area contributed by atoms with E-state index >= 15 is 0 Å². The topological polar surface area (TPSA) is 59.1 Å². The molecule has 0 aliphatic heterocycles. The fraction of sp³-hybridized carbons (Fsp3) is 0.118. The lowest BCUT2D eigenvalue weighted by Crippen LogP contribution is -2.26. The van der Waals surface area contributed by atoms with Gasteiger partial charge in [0.05, 0.1) is 10.5 Å². The van der Waals surface area contributed by atoms with Crippen LogP contribution < -0.4 is 4.72 Å². The van der Waals surface area contributed by atoms with Gasteiger partial charge in [0.15, 0.2) is 0 Å². The zero-order valence-electron chi connectivity index (χ0n) is 12.5. The summed E-state index contributed by atoms with van der Waals surface area (Å²) in [5, 5.41) is 1.48. The predicted octanol–water partition coefficient (Wildman–Crippen LogP) is 4.06. The number of rotatable bonds is 5. The molecule has 24 heavy (non-hydrogen) atoms. The van der Waals surface area contributed by atoms with E-state index in [1.54, 1.807) is 12.3 Å². The molecular formula is C17H14Cl2N2O2S. The van der Waals surface area contributed by atoms with E-state index in [0.29, 0.717) is 11.4 Å². The Kier molecular flexibility index (Phi) is 5.06. The summed E-state index contributed by atoms with van der Waals surface area (Å²) in [5.41, 5.74) is 1.85. The predicted molar refractivity (Wildman–Crippen MR) is 97.1 cm³/mol. The van der Waals surface area contributed by atoms with Crippen LogP contribution in [0.4, 0.5) is 0 Å². The molecule has 0 atom stereocenters. The highest BCUT2D eigenvalue weighted by Gasteiger charge is 2.18. The molecule has 3 rings (SSSR count). The van der Waals surface area contributed by atoms with Crippen LogP contribution in [-0.2, 0) is 16.4 Å². The van der Waals surface area contributed by atoms with Gasteiger partial charge in [-0.2, -0.15) is 0 Å². The van der Waals surface area contributed by atoms with Crippen LogP contribution in [-0.4, -0.2) is 19.9 Å². The summed E-state index contributed by atoms with van der Waals surface area (Å²) in [6.45, 7) is 0.237. The molecule has 1 heterocycles. The molecule has 124 valence electrons. The second-order valence-electron chi connectivity index (χ2n) is 5.21. The molecule has 0 saturated carbocycles. The first kappa shape index (κ1) is 17.2. The van der Waals surface area contributed by atoms with E-state index in [1.165, 1.54) is 12.1 Å². The molecule has 7 heteroatoms. The standard InChI is InChI=1S/C17H14Cl2N2O2S/c18-14-6-7-15(19)16(11-14)24(22,23)21-10-8-13-4-1-3-12-5-2-9-20-17(12)13/h1-7,9,11,21H,8,10H2. The lowest BCUT2D eigenvalue weighted by Gasteiger charge is -2.10. The number of benzene rings is 2. The summed E-state index contributed by atoms with van der Waals surface area (Å²) in [5.74, 6) is 0. The van der Waals surface area contributed by atoms with Gasteiger partial charge in [0.25, 0.3) is 0 Å². The van der Waals surface area contributed by atoms with Gasteiger partial charge in [-0.15, -0.1) is 0 Å². The van der Waals surface area contributed by atoms with Crippen LogP contribution in [0.15, 0.2) is 59.6 Å². The van der Waals surface area contributed by atoms with Crippen LogP contribution >= 0.6 is 23.2 Å². The lowest BCUT2D eigenvalue weighted by molar-refractivity contribution is 0.582. The van der Waals surface area contributed by atoms with Gasteiger partial charge < -0.3 is 0 Å². The number of para-hydroxylation sites is 1. The Balaban J connectivity index is 1.77. The van der Waals surface area contributed by atoms with Gasteiger partial charge in [-0.25, -0.2) is 13.1 Å². The molecule has 0 fully saturated rings. The third-order valence-corrected chi connectivity index (χ3v) is 5.76. The Bertz CT molecular complexity index is 986. The van der Waals surface area contributed by atoms with Gasteiger partial charge in [0.2, 0.25) is 10.0 Å². The van der Waals surface area contributed by atoms with E-state index in [9.17, 15) is 8.42 Å². The molecule has 0 bridgehead atoms. The number of hydrogen-bond donors (Lipinski definition) is 1. The number of sulfonamides is 1. The third kappa shape index (κ3) is 3.70. The van der Waals surface area contributed by atoms with Crippen molar-refractivity contribution in [3.8, 4) is 0 Å². The van der Waals surface area contributed by atoms with Crippen molar-refractivity contribution in [2.24, 2.45) is 0 Å². The van der Waals surface area contributed by atoms with E-state index in [2.05, 4.69) is 9.71 Å². The number of fused-ring (bicyclic) bond motifs is 1. The maximum absolute atomic E-state index is 12.4. The molecule has 0 radical (unpaired) electrons. The van der Waals surface area contributed by atoms with E-state index in [4.69, 9.17) is 23.2 Å². The molecule has 0 spiro atoms. The molecule has 3 aromatic rings. The summed E-state index contributed by atoms with van der Waals surface area (Å²) >= 11 is 11.8. The SMILES string of the molecule is O=S(=O)(NCCc1cccc2cccnc12)c1cc(Cl)ccc1Cl. The molecular weight excluding hydrogens is 367 g/mol. The lowest BCUT2D eigenvalue weighted by atomic mass is 10.1. The molecule has 0 amide bonds. The van der Waals surface area contributed by atoms with Crippen LogP contribution in [0.5, 0.6) is 0 Å². The van der Waals surface area contributed by atoms with Crippen molar-refractivity contribution in [2.75, 3.05) is 6.54 Å². The zero-order chi connectivity index (χ0) is 17.2. The van der Waals surface area contributed by atoms with Crippen molar-refractivity contribution in [2.45, 2.75) is 11.3 Å². The summed E-state index contributed by atoms with van der Waals surface area (Å²) < 4.78 is 27.3. The van der Waals surface area contributed by atoms with E-state index in [0.717, 1.165) is 16.5 Å². The summed E-state index contributed by atoms with van der Waals surface area (Å²) in [4.78, 5) is 4.34. The first-order chi connectivity index (χ1) is 11.5. The third-order valence-electron chi connectivity index (χ3n) is 3.59. The Morgan fingerprint density at radius 1 is 1.04 bits per heavy atom. The summed E-state index contributed by atoms with van der Waals surface area (Å²) in [6, 6.07) is 14.0. The summed E-state index contributed by atoms with van der Waals surface area (Å²) in [7, 11) is -3.72. The number of nitrogens with zero attached hydrogens (tertiary/aromatic N) is 1. The Morgan fingerprint density at radius 2 is 1.83 bits per heavy atom. The normalized spacial score (nSPS) is 11.8. The number of halogens is 2. The highest BCUT2D eigenvalue weighted by Crippen LogP contribution is 2.25. The van der Waals surface area contributed by atoms with Crippen molar-refractivity contribution in [3.63, 3.8) is 0 Å². The number of hydrogen-bond acceptors (Lipinski definition) is 3. The first-order valence-electron chi connectivity index (χ1n) is 7.25. The van der Waals surface area contributed by atoms with Crippen molar-refractivity contribution in [1.82, 2.24) is 9.71 Å². The van der Waals surface area contributed by atoms with Crippen LogP contribution in [0, 0.1) is 0 Å². The van der Waals surface area contributed by atoms with Crippen molar-refractivity contribution >= 4 is 44.1 Å². The van der Waals surface area contributed by atoms with E-state index < -0.39 is 10.0 Å². The van der Waals surface area contributed by atoms with Crippen LogP contribution in [0.1, 0.15) is 5.56 Å². The molecule has 1 aromatic heterocycles. The van der Waals surface area contributed by atoms with Gasteiger partial charge in [-0.05, 0) is 36.2 Å². The molecule has 0 aliphatic carbocycles. The molecule has 0 saturated heterocycles. The maximum atomic E-state index is 12.4. The van der Waals surface area contributed by atoms with Crippen molar-refractivity contribution in [1.29, 1.82) is 0 Å². The molecule has 1 N–H and O–H groups in total. The zero-order valence-corrected chi connectivity index (χ0v) is 14.9. The fourth-order valence-corrected chi connectivity index (χ4v) is 4.24. The molecule has 0 aliphatic rings. The largest absolute Gasteiger partial charge is 0.256 e. The minimum absolute atomic E-state index is 0.0206. The number of pyridine rings is 1. The fourth-order valence-electron chi connectivity index (χ4n) is 2.45. The average Bonchev–Trinajstić information content (AvgIpc) is 2.57. The van der Waals surface area contributed by atoms with Crippen LogP contribution in [0.3, 0.4) is 0 Å². The van der Waals surface area contributed by atoms with Gasteiger partial charge in [-0.1, -0.05) is 47.5 Å². The second kappa shape index (κ2) is 7.07. The van der Waals surface area contributed by atoms with Crippen LogP contribution in [0.2, 0.25) is 10.0 Å². The quantitative estimate of drug-likeness (QED) is 0.725. The summed E-state index contributed by atoms with van der Waals surface area (Å²) in [6.07, 6.45) is 2.24. The Hall–Kier alpha value is -1.66. The van der Waals surface area contributed by atoms with Gasteiger partial charge in [-0.3, -0.25) is 4.98 Å². The Labute approximate surface area is 150 Å². The minimum Gasteiger partial charge on any atom is -0.256 e. The van der Waals surface area contributed by atoms with Crippen LogP contribution in [0.25, 0.3) is 10.9 Å². The molecule has 0 unspecified atom stereocenters. The van der Waals surface area contributed by atoms with Crippen molar-refractivity contribution in [3.05, 3.63) is 70.3 Å². The number of aromatic nitrogens is 1. The molecule has 2 aromatic carbocycles. The van der Waals surface area contributed by atoms with Crippen molar-refractivity contribution < 1.29 is 8.42 Å². The van der Waals surface area contributed by atoms with Gasteiger partial charge >= 0.3 is 0 Å².